The third-order valence-electron chi connectivity index (χ3n) is 3.64. The van der Waals surface area contributed by atoms with Gasteiger partial charge in [-0.25, -0.2) is 0 Å². The van der Waals surface area contributed by atoms with Gasteiger partial charge in [0.1, 0.15) is 6.10 Å². The minimum absolute atomic E-state index is 0.167. The van der Waals surface area contributed by atoms with Crippen molar-refractivity contribution >= 4 is 27.5 Å². The predicted molar refractivity (Wildman–Crippen MR) is 83.9 cm³/mol. The number of hydrogen-bond donors (Lipinski definition) is 0. The Morgan fingerprint density at radius 1 is 1.25 bits per heavy atom. The molecular formula is C15H20BrClO3. The van der Waals surface area contributed by atoms with Gasteiger partial charge in [-0.05, 0) is 52.9 Å². The van der Waals surface area contributed by atoms with E-state index in [-0.39, 0.29) is 6.10 Å². The Balaban J connectivity index is 2.15. The van der Waals surface area contributed by atoms with Gasteiger partial charge in [0.15, 0.2) is 11.5 Å². The molecule has 1 aromatic carbocycles. The maximum Gasteiger partial charge on any atom is 0.175 e. The van der Waals surface area contributed by atoms with Crippen LogP contribution < -0.4 is 9.47 Å². The summed E-state index contributed by atoms with van der Waals surface area (Å²) in [6.07, 6.45) is 4.67. The number of methoxy groups -OCH3 is 2. The predicted octanol–water partition coefficient (Wildman–Crippen LogP) is 4.53. The Morgan fingerprint density at radius 2 is 2.00 bits per heavy atom. The molecule has 20 heavy (non-hydrogen) atoms. The zero-order valence-electron chi connectivity index (χ0n) is 11.8. The van der Waals surface area contributed by atoms with E-state index in [9.17, 15) is 0 Å². The van der Waals surface area contributed by atoms with Gasteiger partial charge in [0.05, 0.1) is 17.7 Å². The number of alkyl halides is 1. The summed E-state index contributed by atoms with van der Waals surface area (Å²) in [5.41, 5.74) is 1.00. The second-order valence-corrected chi connectivity index (χ2v) is 6.13. The first-order valence-electron chi connectivity index (χ1n) is 6.79. The number of benzene rings is 1. The highest BCUT2D eigenvalue weighted by Gasteiger charge is 2.25. The molecule has 0 heterocycles. The molecule has 0 radical (unpaired) electrons. The molecule has 0 spiro atoms. The first kappa shape index (κ1) is 15.9. The van der Waals surface area contributed by atoms with Crippen molar-refractivity contribution in [1.82, 2.24) is 0 Å². The SMILES string of the molecule is COc1cc(CCl)cc(Br)c1OC1CCCC(OC)C1. The van der Waals surface area contributed by atoms with Crippen molar-refractivity contribution < 1.29 is 14.2 Å². The van der Waals surface area contributed by atoms with Gasteiger partial charge in [-0.1, -0.05) is 0 Å². The quantitative estimate of drug-likeness (QED) is 0.719. The first-order valence-corrected chi connectivity index (χ1v) is 8.12. The summed E-state index contributed by atoms with van der Waals surface area (Å²) >= 11 is 9.42. The normalized spacial score (nSPS) is 22.6. The van der Waals surface area contributed by atoms with Crippen LogP contribution >= 0.6 is 27.5 Å². The van der Waals surface area contributed by atoms with Gasteiger partial charge < -0.3 is 14.2 Å². The van der Waals surface area contributed by atoms with Gasteiger partial charge in [0.2, 0.25) is 0 Å². The zero-order chi connectivity index (χ0) is 14.5. The molecule has 0 amide bonds. The van der Waals surface area contributed by atoms with Crippen molar-refractivity contribution in [1.29, 1.82) is 0 Å². The van der Waals surface area contributed by atoms with E-state index < -0.39 is 0 Å². The third kappa shape index (κ3) is 3.80. The summed E-state index contributed by atoms with van der Waals surface area (Å²) in [5, 5.41) is 0. The summed E-state index contributed by atoms with van der Waals surface area (Å²) < 4.78 is 17.9. The Kier molecular flexibility index (Phi) is 6.00. The molecule has 1 aromatic rings. The third-order valence-corrected chi connectivity index (χ3v) is 4.54. The van der Waals surface area contributed by atoms with Crippen LogP contribution in [0.2, 0.25) is 0 Å². The van der Waals surface area contributed by atoms with Gasteiger partial charge in [0.25, 0.3) is 0 Å². The summed E-state index contributed by atoms with van der Waals surface area (Å²) in [7, 11) is 3.41. The second kappa shape index (κ2) is 7.53. The summed E-state index contributed by atoms with van der Waals surface area (Å²) in [6, 6.07) is 3.89. The van der Waals surface area contributed by atoms with Crippen molar-refractivity contribution in [3.8, 4) is 11.5 Å². The standard InChI is InChI=1S/C15H20BrClO3/c1-18-11-4-3-5-12(8-11)20-15-13(16)6-10(9-17)7-14(15)19-2/h6-7,11-12H,3-5,8-9H2,1-2H3. The van der Waals surface area contributed by atoms with E-state index >= 15 is 0 Å². The average Bonchev–Trinajstić information content (AvgIpc) is 2.49. The Morgan fingerprint density at radius 3 is 2.65 bits per heavy atom. The van der Waals surface area contributed by atoms with Crippen LogP contribution in [0.4, 0.5) is 0 Å². The highest BCUT2D eigenvalue weighted by Crippen LogP contribution is 2.39. The van der Waals surface area contributed by atoms with Crippen LogP contribution in [0.25, 0.3) is 0 Å². The lowest BCUT2D eigenvalue weighted by Crippen LogP contribution is -2.29. The molecule has 2 atom stereocenters. The number of hydrogen-bond acceptors (Lipinski definition) is 3. The van der Waals surface area contributed by atoms with E-state index in [4.69, 9.17) is 25.8 Å². The highest BCUT2D eigenvalue weighted by atomic mass is 79.9. The van der Waals surface area contributed by atoms with Gasteiger partial charge in [-0.15, -0.1) is 11.6 Å². The molecule has 5 heteroatoms. The molecule has 2 unspecified atom stereocenters. The van der Waals surface area contributed by atoms with Crippen LogP contribution in [0.3, 0.4) is 0 Å². The van der Waals surface area contributed by atoms with Crippen LogP contribution in [0, 0.1) is 0 Å². The molecule has 3 nitrogen and oxygen atoms in total. The molecule has 0 N–H and O–H groups in total. The Hall–Kier alpha value is -0.450. The van der Waals surface area contributed by atoms with E-state index in [2.05, 4.69) is 15.9 Å². The van der Waals surface area contributed by atoms with Crippen molar-refractivity contribution in [2.75, 3.05) is 14.2 Å². The van der Waals surface area contributed by atoms with Crippen LogP contribution in [-0.2, 0) is 10.6 Å². The molecule has 1 aliphatic rings. The number of halogens is 2. The van der Waals surface area contributed by atoms with Crippen LogP contribution in [-0.4, -0.2) is 26.4 Å². The van der Waals surface area contributed by atoms with Crippen molar-refractivity contribution in [3.63, 3.8) is 0 Å². The lowest BCUT2D eigenvalue weighted by Gasteiger charge is -2.29. The van der Waals surface area contributed by atoms with E-state index in [1.165, 1.54) is 0 Å². The lowest BCUT2D eigenvalue weighted by molar-refractivity contribution is 0.0199. The first-order chi connectivity index (χ1) is 9.67. The molecular weight excluding hydrogens is 344 g/mol. The minimum atomic E-state index is 0.167. The average molecular weight is 364 g/mol. The zero-order valence-corrected chi connectivity index (χ0v) is 14.2. The molecule has 0 saturated heterocycles. The van der Waals surface area contributed by atoms with Gasteiger partial charge >= 0.3 is 0 Å². The smallest absolute Gasteiger partial charge is 0.175 e. The van der Waals surface area contributed by atoms with E-state index in [1.54, 1.807) is 14.2 Å². The summed E-state index contributed by atoms with van der Waals surface area (Å²) in [4.78, 5) is 0. The lowest BCUT2D eigenvalue weighted by atomic mass is 9.95. The van der Waals surface area contributed by atoms with E-state index in [0.717, 1.165) is 47.2 Å². The molecule has 1 saturated carbocycles. The number of ether oxygens (including phenoxy) is 3. The van der Waals surface area contributed by atoms with Gasteiger partial charge in [0, 0.05) is 19.4 Å². The van der Waals surface area contributed by atoms with E-state index in [0.29, 0.717) is 12.0 Å². The van der Waals surface area contributed by atoms with Gasteiger partial charge in [-0.3, -0.25) is 0 Å². The maximum absolute atomic E-state index is 6.14. The molecule has 0 aromatic heterocycles. The fraction of sp³-hybridized carbons (Fsp3) is 0.600. The largest absolute Gasteiger partial charge is 0.493 e. The van der Waals surface area contributed by atoms with Crippen molar-refractivity contribution in [2.24, 2.45) is 0 Å². The molecule has 2 rings (SSSR count). The van der Waals surface area contributed by atoms with Crippen molar-refractivity contribution in [3.05, 3.63) is 22.2 Å². The Labute approximate surface area is 133 Å². The number of rotatable bonds is 5. The minimum Gasteiger partial charge on any atom is -0.493 e. The molecule has 0 aliphatic heterocycles. The topological polar surface area (TPSA) is 27.7 Å². The molecule has 1 aliphatic carbocycles. The summed E-state index contributed by atoms with van der Waals surface area (Å²) in [5.74, 6) is 1.92. The fourth-order valence-electron chi connectivity index (χ4n) is 2.55. The Bertz CT molecular complexity index is 453. The van der Waals surface area contributed by atoms with Crippen LogP contribution in [0.15, 0.2) is 16.6 Å². The summed E-state index contributed by atoms with van der Waals surface area (Å²) in [6.45, 7) is 0. The molecule has 112 valence electrons. The maximum atomic E-state index is 6.14. The van der Waals surface area contributed by atoms with Crippen LogP contribution in [0.1, 0.15) is 31.2 Å². The van der Waals surface area contributed by atoms with Gasteiger partial charge in [-0.2, -0.15) is 0 Å². The molecule has 1 fully saturated rings. The molecule has 0 bridgehead atoms. The second-order valence-electron chi connectivity index (χ2n) is 5.01. The van der Waals surface area contributed by atoms with Crippen LogP contribution in [0.5, 0.6) is 11.5 Å². The highest BCUT2D eigenvalue weighted by molar-refractivity contribution is 9.10. The monoisotopic (exact) mass is 362 g/mol. The van der Waals surface area contributed by atoms with Crippen molar-refractivity contribution in [2.45, 2.75) is 43.8 Å². The van der Waals surface area contributed by atoms with E-state index in [1.807, 2.05) is 12.1 Å². The fourth-order valence-corrected chi connectivity index (χ4v) is 3.29.